The van der Waals surface area contributed by atoms with Crippen LogP contribution in [0.4, 0.5) is 0 Å². The van der Waals surface area contributed by atoms with Gasteiger partial charge in [-0.3, -0.25) is 4.79 Å². The van der Waals surface area contributed by atoms with Gasteiger partial charge < -0.3 is 14.7 Å². The molecule has 1 aromatic rings. The number of benzene rings is 1. The molecule has 0 unspecified atom stereocenters. The molecule has 0 spiro atoms. The number of hydrogen-bond donors (Lipinski definition) is 0. The molecule has 0 radical (unpaired) electrons. The number of hydrogen-bond acceptors (Lipinski definition) is 3. The summed E-state index contributed by atoms with van der Waals surface area (Å²) in [5, 5.41) is 0.700. The molecule has 0 atom stereocenters. The van der Waals surface area contributed by atoms with Crippen LogP contribution >= 0.6 is 11.6 Å². The number of carbonyl (C=O) groups is 1. The summed E-state index contributed by atoms with van der Waals surface area (Å²) in [6, 6.07) is 7.62. The number of likely N-dealkylation sites (N-methyl/N-ethyl adjacent to an activating group) is 1. The number of carbonyl (C=O) groups excluding carboxylic acids is 1. The van der Waals surface area contributed by atoms with Gasteiger partial charge in [0, 0.05) is 50.8 Å². The summed E-state index contributed by atoms with van der Waals surface area (Å²) in [7, 11) is 2.20. The van der Waals surface area contributed by atoms with E-state index >= 15 is 0 Å². The van der Waals surface area contributed by atoms with Crippen LogP contribution in [0.3, 0.4) is 0 Å². The molecule has 24 heavy (non-hydrogen) atoms. The Morgan fingerprint density at radius 2 is 1.83 bits per heavy atom. The molecule has 5 heteroatoms. The van der Waals surface area contributed by atoms with Gasteiger partial charge in [-0.2, -0.15) is 0 Å². The monoisotopic (exact) mass is 349 g/mol. The maximum absolute atomic E-state index is 12.5. The van der Waals surface area contributed by atoms with E-state index in [9.17, 15) is 4.79 Å². The number of piperazine rings is 1. The Labute approximate surface area is 150 Å². The summed E-state index contributed by atoms with van der Waals surface area (Å²) in [6.07, 6.45) is 2.73. The SMILES string of the molecule is CN1CCN(CC2CCN(C(=O)Cc3cccc(Cl)c3)CC2)CC1. The van der Waals surface area contributed by atoms with Crippen LogP contribution in [-0.4, -0.2) is 73.5 Å². The third-order valence-corrected chi connectivity index (χ3v) is 5.56. The molecule has 2 heterocycles. The molecule has 0 N–H and O–H groups in total. The molecule has 0 bridgehead atoms. The van der Waals surface area contributed by atoms with E-state index in [0.717, 1.165) is 37.4 Å². The summed E-state index contributed by atoms with van der Waals surface area (Å²) in [4.78, 5) is 19.5. The van der Waals surface area contributed by atoms with Crippen LogP contribution in [-0.2, 0) is 11.2 Å². The van der Waals surface area contributed by atoms with Crippen molar-refractivity contribution >= 4 is 17.5 Å². The highest BCUT2D eigenvalue weighted by atomic mass is 35.5. The predicted octanol–water partition coefficient (Wildman–Crippen LogP) is 2.37. The molecular formula is C19H28ClN3O. The molecule has 2 aliphatic rings. The van der Waals surface area contributed by atoms with Gasteiger partial charge in [-0.1, -0.05) is 23.7 Å². The second kappa shape index (κ2) is 8.32. The summed E-state index contributed by atoms with van der Waals surface area (Å²) >= 11 is 6.00. The first-order valence-electron chi connectivity index (χ1n) is 9.03. The number of halogens is 1. The zero-order chi connectivity index (χ0) is 16.9. The van der Waals surface area contributed by atoms with Crippen LogP contribution < -0.4 is 0 Å². The third kappa shape index (κ3) is 4.95. The number of nitrogens with zero attached hydrogens (tertiary/aromatic N) is 3. The van der Waals surface area contributed by atoms with Crippen molar-refractivity contribution in [1.29, 1.82) is 0 Å². The molecule has 1 amide bonds. The lowest BCUT2D eigenvalue weighted by atomic mass is 9.95. The highest BCUT2D eigenvalue weighted by molar-refractivity contribution is 6.30. The van der Waals surface area contributed by atoms with Gasteiger partial charge in [-0.25, -0.2) is 0 Å². The topological polar surface area (TPSA) is 26.8 Å². The molecular weight excluding hydrogens is 322 g/mol. The van der Waals surface area contributed by atoms with Gasteiger partial charge in [0.1, 0.15) is 0 Å². The van der Waals surface area contributed by atoms with E-state index < -0.39 is 0 Å². The molecule has 0 saturated carbocycles. The van der Waals surface area contributed by atoms with E-state index in [2.05, 4.69) is 16.8 Å². The highest BCUT2D eigenvalue weighted by Gasteiger charge is 2.25. The summed E-state index contributed by atoms with van der Waals surface area (Å²) in [5.41, 5.74) is 1.01. The zero-order valence-electron chi connectivity index (χ0n) is 14.6. The zero-order valence-corrected chi connectivity index (χ0v) is 15.3. The average Bonchev–Trinajstić information content (AvgIpc) is 2.57. The average molecular weight is 350 g/mol. The molecule has 3 rings (SSSR count). The minimum absolute atomic E-state index is 0.232. The largest absolute Gasteiger partial charge is 0.342 e. The van der Waals surface area contributed by atoms with Gasteiger partial charge in [0.25, 0.3) is 0 Å². The Bertz CT molecular complexity index is 549. The minimum Gasteiger partial charge on any atom is -0.342 e. The Kier molecular flexibility index (Phi) is 6.14. The van der Waals surface area contributed by atoms with E-state index in [1.54, 1.807) is 0 Å². The van der Waals surface area contributed by atoms with Crippen LogP contribution in [0, 0.1) is 5.92 Å². The van der Waals surface area contributed by atoms with Gasteiger partial charge in [0.05, 0.1) is 6.42 Å². The van der Waals surface area contributed by atoms with Crippen molar-refractivity contribution in [3.05, 3.63) is 34.9 Å². The number of rotatable bonds is 4. The maximum Gasteiger partial charge on any atom is 0.226 e. The summed E-state index contributed by atoms with van der Waals surface area (Å²) in [5.74, 6) is 0.971. The fourth-order valence-electron chi connectivity index (χ4n) is 3.69. The van der Waals surface area contributed by atoms with E-state index in [-0.39, 0.29) is 5.91 Å². The van der Waals surface area contributed by atoms with Crippen molar-refractivity contribution in [3.8, 4) is 0 Å². The molecule has 132 valence electrons. The van der Waals surface area contributed by atoms with Crippen molar-refractivity contribution in [1.82, 2.24) is 14.7 Å². The van der Waals surface area contributed by atoms with Gasteiger partial charge in [-0.15, -0.1) is 0 Å². The normalized spacial score (nSPS) is 21.2. The second-order valence-corrected chi connectivity index (χ2v) is 7.67. The highest BCUT2D eigenvalue weighted by Crippen LogP contribution is 2.20. The Balaban J connectivity index is 1.42. The maximum atomic E-state index is 12.5. The summed E-state index contributed by atoms with van der Waals surface area (Å²) < 4.78 is 0. The van der Waals surface area contributed by atoms with Crippen LogP contribution in [0.15, 0.2) is 24.3 Å². The van der Waals surface area contributed by atoms with E-state index in [4.69, 9.17) is 11.6 Å². The smallest absolute Gasteiger partial charge is 0.226 e. The van der Waals surface area contributed by atoms with Crippen molar-refractivity contribution < 1.29 is 4.79 Å². The summed E-state index contributed by atoms with van der Waals surface area (Å²) in [6.45, 7) is 7.72. The Hall–Kier alpha value is -1.10. The van der Waals surface area contributed by atoms with Crippen molar-refractivity contribution in [2.24, 2.45) is 5.92 Å². The lowest BCUT2D eigenvalue weighted by Gasteiger charge is -2.38. The molecule has 2 saturated heterocycles. The lowest BCUT2D eigenvalue weighted by molar-refractivity contribution is -0.131. The van der Waals surface area contributed by atoms with Crippen molar-refractivity contribution in [3.63, 3.8) is 0 Å². The van der Waals surface area contributed by atoms with Gasteiger partial charge >= 0.3 is 0 Å². The first-order valence-corrected chi connectivity index (χ1v) is 9.41. The van der Waals surface area contributed by atoms with Gasteiger partial charge in [0.2, 0.25) is 5.91 Å². The van der Waals surface area contributed by atoms with Crippen molar-refractivity contribution in [2.45, 2.75) is 19.3 Å². The first kappa shape index (κ1) is 17.7. The first-order chi connectivity index (χ1) is 11.6. The van der Waals surface area contributed by atoms with Crippen LogP contribution in [0.25, 0.3) is 0 Å². The van der Waals surface area contributed by atoms with Gasteiger partial charge in [-0.05, 0) is 43.5 Å². The van der Waals surface area contributed by atoms with Gasteiger partial charge in [0.15, 0.2) is 0 Å². The number of amides is 1. The van der Waals surface area contributed by atoms with E-state index in [1.165, 1.54) is 32.7 Å². The Morgan fingerprint density at radius 1 is 1.12 bits per heavy atom. The third-order valence-electron chi connectivity index (χ3n) is 5.32. The molecule has 2 fully saturated rings. The van der Waals surface area contributed by atoms with Crippen molar-refractivity contribution in [2.75, 3.05) is 52.9 Å². The number of likely N-dealkylation sites (tertiary alicyclic amines) is 1. The van der Waals surface area contributed by atoms with E-state index in [0.29, 0.717) is 11.4 Å². The standard InChI is InChI=1S/C19H28ClN3O/c1-21-9-11-22(12-10-21)15-16-5-7-23(8-6-16)19(24)14-17-3-2-4-18(20)13-17/h2-4,13,16H,5-12,14-15H2,1H3. The predicted molar refractivity (Wildman–Crippen MR) is 98.4 cm³/mol. The van der Waals surface area contributed by atoms with Crippen LogP contribution in [0.1, 0.15) is 18.4 Å². The fourth-order valence-corrected chi connectivity index (χ4v) is 3.91. The number of piperidine rings is 1. The molecule has 1 aromatic carbocycles. The minimum atomic E-state index is 0.232. The Morgan fingerprint density at radius 3 is 2.50 bits per heavy atom. The molecule has 2 aliphatic heterocycles. The molecule has 0 aromatic heterocycles. The second-order valence-electron chi connectivity index (χ2n) is 7.23. The lowest BCUT2D eigenvalue weighted by Crippen LogP contribution is -2.48. The quantitative estimate of drug-likeness (QED) is 0.835. The molecule has 0 aliphatic carbocycles. The fraction of sp³-hybridized carbons (Fsp3) is 0.632. The van der Waals surface area contributed by atoms with Crippen LogP contribution in [0.2, 0.25) is 5.02 Å². The van der Waals surface area contributed by atoms with Crippen LogP contribution in [0.5, 0.6) is 0 Å². The molecule has 4 nitrogen and oxygen atoms in total. The van der Waals surface area contributed by atoms with E-state index in [1.807, 2.05) is 29.2 Å².